The van der Waals surface area contributed by atoms with Crippen molar-refractivity contribution in [1.82, 2.24) is 5.32 Å². The average Bonchev–Trinajstić information content (AvgIpc) is 2.64. The fourth-order valence-corrected chi connectivity index (χ4v) is 2.74. The molecule has 2 N–H and O–H groups in total. The minimum absolute atomic E-state index is 0.379. The molecule has 0 aliphatic carbocycles. The van der Waals surface area contributed by atoms with Crippen LogP contribution in [0.4, 0.5) is 0 Å². The highest BCUT2D eigenvalue weighted by molar-refractivity contribution is 5.95. The lowest BCUT2D eigenvalue weighted by Crippen LogP contribution is -2.29. The Hall–Kier alpha value is -2.04. The number of carbonyl (C=O) groups excluding carboxylic acids is 1. The summed E-state index contributed by atoms with van der Waals surface area (Å²) in [4.78, 5) is 22.1. The minimum Gasteiger partial charge on any atom is -0.494 e. The molecule has 5 heteroatoms. The topological polar surface area (TPSA) is 75.6 Å². The van der Waals surface area contributed by atoms with Crippen molar-refractivity contribution in [3.63, 3.8) is 0 Å². The van der Waals surface area contributed by atoms with Crippen molar-refractivity contribution in [3.05, 3.63) is 29.8 Å². The Bertz CT molecular complexity index is 513. The third-order valence-electron chi connectivity index (χ3n) is 4.28. The van der Waals surface area contributed by atoms with Crippen LogP contribution in [0.15, 0.2) is 24.3 Å². The van der Waals surface area contributed by atoms with Gasteiger partial charge >= 0.3 is 5.97 Å². The van der Waals surface area contributed by atoms with Crippen molar-refractivity contribution >= 4 is 11.9 Å². The molecular formula is C21H33NO4. The number of nitrogens with one attached hydrogen (secondary N) is 1. The van der Waals surface area contributed by atoms with Crippen molar-refractivity contribution in [3.8, 4) is 5.75 Å². The Balaban J connectivity index is 2.05. The quantitative estimate of drug-likeness (QED) is 0.439. The van der Waals surface area contributed by atoms with Crippen LogP contribution in [0.2, 0.25) is 0 Å². The second-order valence-electron chi connectivity index (χ2n) is 6.63. The predicted octanol–water partition coefficient (Wildman–Crippen LogP) is 4.80. The van der Waals surface area contributed by atoms with Gasteiger partial charge in [0.1, 0.15) is 12.3 Å². The van der Waals surface area contributed by atoms with Crippen molar-refractivity contribution in [2.75, 3.05) is 13.2 Å². The summed E-state index contributed by atoms with van der Waals surface area (Å²) in [5.41, 5.74) is 0.428. The van der Waals surface area contributed by atoms with Crippen LogP contribution in [-0.2, 0) is 4.79 Å². The van der Waals surface area contributed by atoms with Gasteiger partial charge in [-0.2, -0.15) is 0 Å². The summed E-state index contributed by atoms with van der Waals surface area (Å²) in [5.74, 6) is -0.723. The lowest BCUT2D eigenvalue weighted by Gasteiger charge is -2.07. The molecule has 0 bridgehead atoms. The molecule has 1 aromatic carbocycles. The molecule has 0 aliphatic heterocycles. The second kappa shape index (κ2) is 14.2. The zero-order chi connectivity index (χ0) is 19.0. The fraction of sp³-hybridized carbons (Fsp3) is 0.619. The van der Waals surface area contributed by atoms with Gasteiger partial charge in [-0.15, -0.1) is 0 Å². The molecule has 0 radical (unpaired) electrons. The van der Waals surface area contributed by atoms with E-state index in [4.69, 9.17) is 9.84 Å². The SMILES string of the molecule is CCCCCCCCCCCCOc1ccc(C(=O)NCC(=O)O)cc1. The largest absolute Gasteiger partial charge is 0.494 e. The van der Waals surface area contributed by atoms with Crippen LogP contribution in [0.3, 0.4) is 0 Å². The van der Waals surface area contributed by atoms with Gasteiger partial charge in [0, 0.05) is 5.56 Å². The third kappa shape index (κ3) is 10.7. The Labute approximate surface area is 157 Å². The van der Waals surface area contributed by atoms with Crippen LogP contribution in [0, 0.1) is 0 Å². The summed E-state index contributed by atoms with van der Waals surface area (Å²) in [6.07, 6.45) is 12.9. The number of aliphatic carboxylic acids is 1. The van der Waals surface area contributed by atoms with Crippen molar-refractivity contribution in [1.29, 1.82) is 0 Å². The summed E-state index contributed by atoms with van der Waals surface area (Å²) in [6.45, 7) is 2.55. The molecule has 0 aromatic heterocycles. The molecular weight excluding hydrogens is 330 g/mol. The van der Waals surface area contributed by atoms with E-state index in [1.54, 1.807) is 24.3 Å². The first-order valence-electron chi connectivity index (χ1n) is 9.86. The first-order chi connectivity index (χ1) is 12.6. The second-order valence-corrected chi connectivity index (χ2v) is 6.63. The normalized spacial score (nSPS) is 10.5. The lowest BCUT2D eigenvalue weighted by atomic mass is 10.1. The average molecular weight is 363 g/mol. The zero-order valence-electron chi connectivity index (χ0n) is 16.0. The molecule has 0 spiro atoms. The number of benzene rings is 1. The zero-order valence-corrected chi connectivity index (χ0v) is 16.0. The summed E-state index contributed by atoms with van der Waals surface area (Å²) in [7, 11) is 0. The van der Waals surface area contributed by atoms with Gasteiger partial charge in [0.05, 0.1) is 6.61 Å². The molecule has 26 heavy (non-hydrogen) atoms. The Morgan fingerprint density at radius 3 is 1.96 bits per heavy atom. The van der Waals surface area contributed by atoms with Crippen LogP contribution in [-0.4, -0.2) is 30.1 Å². The van der Waals surface area contributed by atoms with E-state index in [-0.39, 0.29) is 6.54 Å². The summed E-state index contributed by atoms with van der Waals surface area (Å²) < 4.78 is 5.69. The van der Waals surface area contributed by atoms with E-state index in [1.807, 2.05) is 0 Å². The van der Waals surface area contributed by atoms with E-state index in [0.717, 1.165) is 12.2 Å². The van der Waals surface area contributed by atoms with Crippen LogP contribution in [0.1, 0.15) is 81.5 Å². The maximum atomic E-state index is 11.7. The van der Waals surface area contributed by atoms with E-state index in [2.05, 4.69) is 12.2 Å². The molecule has 1 aromatic rings. The fourth-order valence-electron chi connectivity index (χ4n) is 2.74. The Morgan fingerprint density at radius 1 is 0.885 bits per heavy atom. The molecule has 0 saturated carbocycles. The first-order valence-corrected chi connectivity index (χ1v) is 9.86. The van der Waals surface area contributed by atoms with Crippen LogP contribution >= 0.6 is 0 Å². The van der Waals surface area contributed by atoms with Crippen LogP contribution < -0.4 is 10.1 Å². The highest BCUT2D eigenvalue weighted by atomic mass is 16.5. The van der Waals surface area contributed by atoms with Gasteiger partial charge in [-0.25, -0.2) is 0 Å². The molecule has 146 valence electrons. The minimum atomic E-state index is -1.06. The van der Waals surface area contributed by atoms with Crippen LogP contribution in [0.5, 0.6) is 5.75 Å². The number of hydrogen-bond acceptors (Lipinski definition) is 3. The van der Waals surface area contributed by atoms with Gasteiger partial charge in [0.15, 0.2) is 0 Å². The van der Waals surface area contributed by atoms with Gasteiger partial charge in [-0.3, -0.25) is 9.59 Å². The maximum Gasteiger partial charge on any atom is 0.322 e. The number of carboxylic acids is 1. The van der Waals surface area contributed by atoms with E-state index < -0.39 is 11.9 Å². The van der Waals surface area contributed by atoms with Crippen molar-refractivity contribution < 1.29 is 19.4 Å². The van der Waals surface area contributed by atoms with Crippen molar-refractivity contribution in [2.24, 2.45) is 0 Å². The van der Waals surface area contributed by atoms with Gasteiger partial charge in [-0.1, -0.05) is 64.7 Å². The molecule has 0 heterocycles. The monoisotopic (exact) mass is 363 g/mol. The molecule has 0 unspecified atom stereocenters. The number of carbonyl (C=O) groups is 2. The predicted molar refractivity (Wildman–Crippen MR) is 104 cm³/mol. The van der Waals surface area contributed by atoms with E-state index in [1.165, 1.54) is 57.8 Å². The summed E-state index contributed by atoms with van der Waals surface area (Å²) >= 11 is 0. The van der Waals surface area contributed by atoms with Crippen LogP contribution in [0.25, 0.3) is 0 Å². The van der Waals surface area contributed by atoms with Gasteiger partial charge < -0.3 is 15.2 Å². The number of rotatable bonds is 15. The summed E-state index contributed by atoms with van der Waals surface area (Å²) in [6, 6.07) is 6.77. The number of ether oxygens (including phenoxy) is 1. The lowest BCUT2D eigenvalue weighted by molar-refractivity contribution is -0.135. The Morgan fingerprint density at radius 2 is 1.42 bits per heavy atom. The van der Waals surface area contributed by atoms with Crippen molar-refractivity contribution in [2.45, 2.75) is 71.1 Å². The van der Waals surface area contributed by atoms with E-state index in [9.17, 15) is 9.59 Å². The molecule has 0 aliphatic rings. The van der Waals surface area contributed by atoms with E-state index in [0.29, 0.717) is 12.2 Å². The Kier molecular flexibility index (Phi) is 12.0. The molecule has 5 nitrogen and oxygen atoms in total. The highest BCUT2D eigenvalue weighted by Crippen LogP contribution is 2.14. The smallest absolute Gasteiger partial charge is 0.322 e. The maximum absolute atomic E-state index is 11.7. The standard InChI is InChI=1S/C21H33NO4/c1-2-3-4-5-6-7-8-9-10-11-16-26-19-14-12-18(13-15-19)21(25)22-17-20(23)24/h12-15H,2-11,16-17H2,1H3,(H,22,25)(H,23,24). The molecule has 0 fully saturated rings. The van der Waals surface area contributed by atoms with Gasteiger partial charge in [-0.05, 0) is 30.7 Å². The molecule has 1 amide bonds. The number of unbranched alkanes of at least 4 members (excludes halogenated alkanes) is 9. The van der Waals surface area contributed by atoms with Gasteiger partial charge in [0.25, 0.3) is 5.91 Å². The molecule has 0 saturated heterocycles. The number of hydrogen-bond donors (Lipinski definition) is 2. The van der Waals surface area contributed by atoms with E-state index >= 15 is 0 Å². The molecule has 1 rings (SSSR count). The third-order valence-corrected chi connectivity index (χ3v) is 4.28. The number of amides is 1. The first kappa shape index (κ1) is 22.0. The number of carboxylic acid groups (broad SMARTS) is 1. The molecule has 0 atom stereocenters. The summed E-state index contributed by atoms with van der Waals surface area (Å²) in [5, 5.41) is 10.9. The highest BCUT2D eigenvalue weighted by Gasteiger charge is 2.07. The van der Waals surface area contributed by atoms with Gasteiger partial charge in [0.2, 0.25) is 0 Å².